The lowest BCUT2D eigenvalue weighted by atomic mass is 10.1. The van der Waals surface area contributed by atoms with Gasteiger partial charge in [0.2, 0.25) is 0 Å². The van der Waals surface area contributed by atoms with Crippen LogP contribution in [0.5, 0.6) is 0 Å². The summed E-state index contributed by atoms with van der Waals surface area (Å²) in [4.78, 5) is 16.7. The Hall–Kier alpha value is -3.27. The summed E-state index contributed by atoms with van der Waals surface area (Å²) in [6.45, 7) is 1.81. The van der Waals surface area contributed by atoms with Gasteiger partial charge in [0.15, 0.2) is 0 Å². The van der Waals surface area contributed by atoms with Gasteiger partial charge in [-0.3, -0.25) is 4.79 Å². The van der Waals surface area contributed by atoms with E-state index < -0.39 is 21.9 Å². The molecule has 2 aliphatic rings. The Morgan fingerprint density at radius 3 is 2.03 bits per heavy atom. The quantitative estimate of drug-likeness (QED) is 0.725. The van der Waals surface area contributed by atoms with E-state index in [2.05, 4.69) is 4.40 Å². The molecule has 162 valence electrons. The molecule has 2 aliphatic heterocycles. The third kappa shape index (κ3) is 4.29. The van der Waals surface area contributed by atoms with Crippen molar-refractivity contribution in [1.29, 1.82) is 0 Å². The largest absolute Gasteiger partial charge is 0.368 e. The average molecular weight is 446 g/mol. The second-order valence-corrected chi connectivity index (χ2v) is 8.84. The predicted octanol–water partition coefficient (Wildman–Crippen LogP) is 2.18. The fourth-order valence-corrected chi connectivity index (χ4v) is 4.40. The van der Waals surface area contributed by atoms with E-state index in [9.17, 15) is 22.0 Å². The number of amides is 1. The molecule has 1 fully saturated rings. The summed E-state index contributed by atoms with van der Waals surface area (Å²) in [5.41, 5.74) is 1.30. The van der Waals surface area contributed by atoms with Crippen molar-refractivity contribution in [2.45, 2.75) is 0 Å². The Bertz CT molecular complexity index is 1150. The summed E-state index contributed by atoms with van der Waals surface area (Å²) in [6.07, 6.45) is 1.41. The second kappa shape index (κ2) is 8.10. The van der Waals surface area contributed by atoms with Crippen LogP contribution in [0.25, 0.3) is 0 Å². The number of carbonyl (C=O) groups is 1. The maximum atomic E-state index is 13.2. The molecule has 7 nitrogen and oxygen atoms in total. The van der Waals surface area contributed by atoms with Gasteiger partial charge in [0, 0.05) is 44.5 Å². The molecule has 0 spiro atoms. The molecular weight excluding hydrogens is 426 g/mol. The molecule has 2 aromatic carbocycles. The first-order valence-electron chi connectivity index (χ1n) is 9.61. The van der Waals surface area contributed by atoms with E-state index in [0.29, 0.717) is 31.7 Å². The Morgan fingerprint density at radius 1 is 0.903 bits per heavy atom. The normalized spacial score (nSPS) is 18.5. The van der Waals surface area contributed by atoms with Crippen LogP contribution in [0.2, 0.25) is 0 Å². The van der Waals surface area contributed by atoms with Crippen molar-refractivity contribution >= 4 is 27.5 Å². The number of likely N-dealkylation sites (N-methyl/N-ethyl adjacent to an activating group) is 1. The number of hydrogen-bond donors (Lipinski definition) is 0. The molecule has 0 atom stereocenters. The lowest BCUT2D eigenvalue weighted by molar-refractivity contribution is -0.128. The molecule has 0 unspecified atom stereocenters. The van der Waals surface area contributed by atoms with Gasteiger partial charge in [-0.15, -0.1) is 4.40 Å². The minimum Gasteiger partial charge on any atom is -0.368 e. The van der Waals surface area contributed by atoms with Crippen molar-refractivity contribution in [3.8, 4) is 0 Å². The SMILES string of the molecule is CN1C(C(=O)N2CCN(c3ccc(F)cc3)CC2)=CC(c2ccc(F)cc2)=NS1(=O)=O. The molecule has 0 aliphatic carbocycles. The summed E-state index contributed by atoms with van der Waals surface area (Å²) in [6, 6.07) is 11.4. The van der Waals surface area contributed by atoms with Crippen LogP contribution in [0.15, 0.2) is 64.7 Å². The topological polar surface area (TPSA) is 73.3 Å². The third-order valence-electron chi connectivity index (χ3n) is 5.29. The number of piperazine rings is 1. The summed E-state index contributed by atoms with van der Waals surface area (Å²) in [7, 11) is -2.82. The first-order valence-corrected chi connectivity index (χ1v) is 11.0. The smallest absolute Gasteiger partial charge is 0.345 e. The standard InChI is InChI=1S/C21H20F2N4O3S/c1-25-20(14-19(24-31(25,29)30)15-2-4-16(22)5-3-15)21(28)27-12-10-26(11-13-27)18-8-6-17(23)7-9-18/h2-9,14H,10-13H2,1H3. The van der Waals surface area contributed by atoms with Crippen LogP contribution < -0.4 is 4.90 Å². The summed E-state index contributed by atoms with van der Waals surface area (Å²) in [5.74, 6) is -1.21. The number of carbonyl (C=O) groups excluding carboxylic acids is 1. The molecule has 2 heterocycles. The molecular formula is C21H20F2N4O3S. The van der Waals surface area contributed by atoms with Gasteiger partial charge in [0.25, 0.3) is 5.91 Å². The highest BCUT2D eigenvalue weighted by atomic mass is 32.2. The molecule has 4 rings (SSSR count). The highest BCUT2D eigenvalue weighted by Gasteiger charge is 2.33. The lowest BCUT2D eigenvalue weighted by Gasteiger charge is -2.37. The molecule has 0 radical (unpaired) electrons. The van der Waals surface area contributed by atoms with E-state index in [4.69, 9.17) is 0 Å². The number of allylic oxidation sites excluding steroid dienone is 1. The van der Waals surface area contributed by atoms with Crippen LogP contribution in [0.4, 0.5) is 14.5 Å². The van der Waals surface area contributed by atoms with E-state index in [-0.39, 0.29) is 17.2 Å². The minimum absolute atomic E-state index is 0.0236. The van der Waals surface area contributed by atoms with Gasteiger partial charge >= 0.3 is 10.2 Å². The van der Waals surface area contributed by atoms with E-state index in [1.807, 2.05) is 4.90 Å². The lowest BCUT2D eigenvalue weighted by Crippen LogP contribution is -2.51. The summed E-state index contributed by atoms with van der Waals surface area (Å²) >= 11 is 0. The van der Waals surface area contributed by atoms with Crippen LogP contribution in [0, 0.1) is 11.6 Å². The van der Waals surface area contributed by atoms with E-state index in [0.717, 1.165) is 9.99 Å². The van der Waals surface area contributed by atoms with Crippen LogP contribution in [0.1, 0.15) is 5.56 Å². The fraction of sp³-hybridized carbons (Fsp3) is 0.238. The Balaban J connectivity index is 1.53. The van der Waals surface area contributed by atoms with Crippen LogP contribution in [-0.2, 0) is 15.0 Å². The zero-order valence-corrected chi connectivity index (χ0v) is 17.5. The fourth-order valence-electron chi connectivity index (χ4n) is 3.49. The van der Waals surface area contributed by atoms with Crippen molar-refractivity contribution < 1.29 is 22.0 Å². The Kier molecular flexibility index (Phi) is 5.48. The highest BCUT2D eigenvalue weighted by Crippen LogP contribution is 2.23. The van der Waals surface area contributed by atoms with E-state index >= 15 is 0 Å². The first-order chi connectivity index (χ1) is 14.7. The van der Waals surface area contributed by atoms with Crippen LogP contribution >= 0.6 is 0 Å². The second-order valence-electron chi connectivity index (χ2n) is 7.21. The van der Waals surface area contributed by atoms with Gasteiger partial charge < -0.3 is 9.80 Å². The van der Waals surface area contributed by atoms with Crippen LogP contribution in [-0.4, -0.2) is 62.5 Å². The molecule has 0 saturated carbocycles. The van der Waals surface area contributed by atoms with E-state index in [1.165, 1.54) is 49.5 Å². The zero-order chi connectivity index (χ0) is 22.2. The monoisotopic (exact) mass is 446 g/mol. The number of anilines is 1. The zero-order valence-electron chi connectivity index (χ0n) is 16.7. The van der Waals surface area contributed by atoms with Gasteiger partial charge in [0.05, 0.1) is 5.71 Å². The first kappa shape index (κ1) is 21.0. The Labute approximate surface area is 179 Å². The van der Waals surface area contributed by atoms with Crippen molar-refractivity contribution in [3.63, 3.8) is 0 Å². The van der Waals surface area contributed by atoms with E-state index in [1.54, 1.807) is 17.0 Å². The molecule has 1 saturated heterocycles. The number of benzene rings is 2. The summed E-state index contributed by atoms with van der Waals surface area (Å²) in [5, 5.41) is 0. The molecule has 31 heavy (non-hydrogen) atoms. The van der Waals surface area contributed by atoms with Crippen LogP contribution in [0.3, 0.4) is 0 Å². The van der Waals surface area contributed by atoms with Crippen molar-refractivity contribution in [1.82, 2.24) is 9.21 Å². The molecule has 0 bridgehead atoms. The maximum Gasteiger partial charge on any atom is 0.345 e. The van der Waals surface area contributed by atoms with Gasteiger partial charge in [-0.25, -0.2) is 13.1 Å². The molecule has 1 amide bonds. The minimum atomic E-state index is -4.09. The highest BCUT2D eigenvalue weighted by molar-refractivity contribution is 7.88. The number of nitrogens with zero attached hydrogens (tertiary/aromatic N) is 4. The molecule has 2 aromatic rings. The predicted molar refractivity (Wildman–Crippen MR) is 113 cm³/mol. The van der Waals surface area contributed by atoms with Crippen molar-refractivity contribution in [3.05, 3.63) is 77.5 Å². The van der Waals surface area contributed by atoms with Gasteiger partial charge in [-0.2, -0.15) is 8.42 Å². The molecule has 10 heteroatoms. The number of rotatable bonds is 3. The maximum absolute atomic E-state index is 13.2. The number of hydrogen-bond acceptors (Lipinski definition) is 4. The number of halogens is 2. The summed E-state index contributed by atoms with van der Waals surface area (Å²) < 4.78 is 56.0. The van der Waals surface area contributed by atoms with Gasteiger partial charge in [0.1, 0.15) is 17.3 Å². The van der Waals surface area contributed by atoms with Gasteiger partial charge in [-0.05, 0) is 54.6 Å². The molecule has 0 N–H and O–H groups in total. The van der Waals surface area contributed by atoms with Crippen molar-refractivity contribution in [2.24, 2.45) is 4.40 Å². The third-order valence-corrected chi connectivity index (χ3v) is 6.61. The Morgan fingerprint density at radius 2 is 1.45 bits per heavy atom. The van der Waals surface area contributed by atoms with Crippen molar-refractivity contribution in [2.75, 3.05) is 38.1 Å². The average Bonchev–Trinajstić information content (AvgIpc) is 2.76. The van der Waals surface area contributed by atoms with Gasteiger partial charge in [-0.1, -0.05) is 0 Å². The molecule has 0 aromatic heterocycles.